The van der Waals surface area contributed by atoms with E-state index in [1.165, 1.54) is 46.7 Å². The fraction of sp³-hybridized carbons (Fsp3) is 0.265. The minimum absolute atomic E-state index is 0.164. The van der Waals surface area contributed by atoms with Crippen molar-refractivity contribution in [3.05, 3.63) is 120 Å². The molecule has 4 aromatic rings. The third-order valence-corrected chi connectivity index (χ3v) is 5.84. The Kier molecular flexibility index (Phi) is 21.6. The van der Waals surface area contributed by atoms with Crippen molar-refractivity contribution in [2.24, 2.45) is 17.2 Å². The lowest BCUT2D eigenvalue weighted by Gasteiger charge is -2.10. The first-order valence-electron chi connectivity index (χ1n) is 13.8. The number of methoxy groups -OCH3 is 1. The molecule has 4 aromatic carbocycles. The molecular formula is C34H44FN3O4. The zero-order chi connectivity index (χ0) is 31.6. The van der Waals surface area contributed by atoms with Crippen molar-refractivity contribution in [1.82, 2.24) is 0 Å². The number of hydrogen-bond acceptors (Lipinski definition) is 4. The third kappa shape index (κ3) is 15.9. The summed E-state index contributed by atoms with van der Waals surface area (Å²) in [4.78, 5) is 28.0. The summed E-state index contributed by atoms with van der Waals surface area (Å²) >= 11 is 0. The van der Waals surface area contributed by atoms with E-state index < -0.39 is 12.0 Å². The Balaban J connectivity index is 0.000000667. The number of benzene rings is 4. The number of rotatable bonds is 9. The number of fused-ring (bicyclic) bond motifs is 1. The molecule has 0 saturated carbocycles. The Morgan fingerprint density at radius 2 is 1.29 bits per heavy atom. The first-order chi connectivity index (χ1) is 20.4. The molecule has 0 heterocycles. The number of amides is 3. The summed E-state index contributed by atoms with van der Waals surface area (Å²) in [5, 5.41) is 2.64. The molecule has 0 bridgehead atoms. The highest BCUT2D eigenvalue weighted by molar-refractivity contribution is 5.85. The molecule has 4 rings (SSSR count). The van der Waals surface area contributed by atoms with Crippen LogP contribution >= 0.6 is 0 Å². The molecule has 0 saturated heterocycles. The molecule has 6 N–H and O–H groups in total. The van der Waals surface area contributed by atoms with E-state index >= 15 is 0 Å². The van der Waals surface area contributed by atoms with Crippen molar-refractivity contribution in [3.8, 4) is 0 Å². The highest BCUT2D eigenvalue weighted by atomic mass is 19.1. The molecule has 0 spiro atoms. The van der Waals surface area contributed by atoms with E-state index in [-0.39, 0.29) is 18.6 Å². The number of carbonyl (C=O) groups is 3. The van der Waals surface area contributed by atoms with Gasteiger partial charge in [0.2, 0.25) is 18.7 Å². The number of ether oxygens (including phenoxy) is 1. The van der Waals surface area contributed by atoms with E-state index in [0.717, 1.165) is 25.7 Å². The van der Waals surface area contributed by atoms with Gasteiger partial charge in [0.05, 0.1) is 0 Å². The van der Waals surface area contributed by atoms with Crippen LogP contribution in [0.4, 0.5) is 4.39 Å². The summed E-state index contributed by atoms with van der Waals surface area (Å²) in [5.74, 6) is -0.564. The zero-order valence-electron chi connectivity index (χ0n) is 24.7. The molecule has 0 aromatic heterocycles. The first kappa shape index (κ1) is 37.4. The Bertz CT molecular complexity index is 1260. The molecule has 0 aliphatic rings. The fourth-order valence-corrected chi connectivity index (χ4v) is 3.96. The average molecular weight is 578 g/mol. The normalized spacial score (nSPS) is 10.0. The Morgan fingerprint density at radius 1 is 0.762 bits per heavy atom. The summed E-state index contributed by atoms with van der Waals surface area (Å²) in [7, 11) is 1.50. The molecule has 0 unspecified atom stereocenters. The number of primary amides is 3. The van der Waals surface area contributed by atoms with E-state index in [9.17, 15) is 9.18 Å². The lowest BCUT2D eigenvalue weighted by atomic mass is 9.99. The fourth-order valence-electron chi connectivity index (χ4n) is 3.96. The zero-order valence-corrected chi connectivity index (χ0v) is 24.7. The van der Waals surface area contributed by atoms with E-state index in [2.05, 4.69) is 53.9 Å². The predicted molar refractivity (Wildman–Crippen MR) is 169 cm³/mol. The number of carbonyl (C=O) groups excluding carboxylic acids is 3. The average Bonchev–Trinajstić information content (AvgIpc) is 3.01. The van der Waals surface area contributed by atoms with Crippen LogP contribution in [0.2, 0.25) is 0 Å². The van der Waals surface area contributed by atoms with Crippen molar-refractivity contribution >= 4 is 29.5 Å². The standard InChI is InChI=1S/C19H17F.C11H15NO2.C2H6.2CH3NO/c20-18-13-11-15(12-14-18)5-3-7-17-9-4-8-16-6-1-2-10-19(16)17;1-14-10(11(12)13)8-7-9-5-3-2-4-6-9;1-2;2*2-1-3/h1-2,4,6,8-14H,3,5,7H2;2-6,10H,7-8H2,1H3,(H2,12,13);1-2H3;2*1H,(H2,2,3)/t;10-;;;/m.1.../s1. The van der Waals surface area contributed by atoms with Gasteiger partial charge in [0, 0.05) is 7.11 Å². The molecular weight excluding hydrogens is 533 g/mol. The van der Waals surface area contributed by atoms with Crippen LogP contribution in [-0.4, -0.2) is 31.9 Å². The smallest absolute Gasteiger partial charge is 0.246 e. The van der Waals surface area contributed by atoms with Crippen LogP contribution in [0.3, 0.4) is 0 Å². The van der Waals surface area contributed by atoms with Gasteiger partial charge in [0.25, 0.3) is 0 Å². The third-order valence-electron chi connectivity index (χ3n) is 5.84. The van der Waals surface area contributed by atoms with E-state index in [1.54, 1.807) is 0 Å². The number of halogens is 1. The van der Waals surface area contributed by atoms with Crippen LogP contribution in [0.15, 0.2) is 97.1 Å². The van der Waals surface area contributed by atoms with Crippen molar-refractivity contribution in [2.75, 3.05) is 7.11 Å². The van der Waals surface area contributed by atoms with Gasteiger partial charge < -0.3 is 21.9 Å². The number of nitrogens with two attached hydrogens (primary N) is 3. The second-order valence-corrected chi connectivity index (χ2v) is 8.54. The molecule has 0 aliphatic heterocycles. The van der Waals surface area contributed by atoms with Gasteiger partial charge >= 0.3 is 0 Å². The van der Waals surface area contributed by atoms with Gasteiger partial charge in [-0.2, -0.15) is 0 Å². The van der Waals surface area contributed by atoms with Gasteiger partial charge in [0.1, 0.15) is 11.9 Å². The molecule has 42 heavy (non-hydrogen) atoms. The molecule has 8 heteroatoms. The van der Waals surface area contributed by atoms with Gasteiger partial charge in [-0.25, -0.2) is 4.39 Å². The SMILES string of the molecule is CC.CO[C@H](CCc1ccccc1)C(N)=O.Fc1ccc(CCCc2cccc3ccccc23)cc1.NC=O.NC=O. The molecule has 3 amide bonds. The number of aryl methyl sites for hydroxylation is 3. The lowest BCUT2D eigenvalue weighted by Crippen LogP contribution is -2.30. The van der Waals surface area contributed by atoms with Crippen molar-refractivity contribution in [2.45, 2.75) is 52.1 Å². The second kappa shape index (κ2) is 24.3. The quantitative estimate of drug-likeness (QED) is 0.226. The summed E-state index contributed by atoms with van der Waals surface area (Å²) < 4.78 is 17.8. The predicted octanol–water partition coefficient (Wildman–Crippen LogP) is 5.50. The van der Waals surface area contributed by atoms with Crippen LogP contribution in [0.1, 0.15) is 43.4 Å². The minimum atomic E-state index is -0.477. The van der Waals surface area contributed by atoms with Crippen LogP contribution < -0.4 is 17.2 Å². The summed E-state index contributed by atoms with van der Waals surface area (Å²) in [6, 6.07) is 31.7. The monoisotopic (exact) mass is 577 g/mol. The number of hydrogen-bond donors (Lipinski definition) is 3. The van der Waals surface area contributed by atoms with Gasteiger partial charge in [-0.05, 0) is 71.7 Å². The first-order valence-corrected chi connectivity index (χ1v) is 13.8. The van der Waals surface area contributed by atoms with Crippen LogP contribution in [0.25, 0.3) is 10.8 Å². The van der Waals surface area contributed by atoms with Gasteiger partial charge in [-0.3, -0.25) is 14.4 Å². The second-order valence-electron chi connectivity index (χ2n) is 8.54. The maximum absolute atomic E-state index is 12.8. The highest BCUT2D eigenvalue weighted by Crippen LogP contribution is 2.20. The summed E-state index contributed by atoms with van der Waals surface area (Å²) in [6.45, 7) is 4.00. The molecule has 0 fully saturated rings. The maximum Gasteiger partial charge on any atom is 0.246 e. The van der Waals surface area contributed by atoms with E-state index in [1.807, 2.05) is 56.3 Å². The highest BCUT2D eigenvalue weighted by Gasteiger charge is 2.13. The maximum atomic E-state index is 12.8. The Labute approximate surface area is 248 Å². The summed E-state index contributed by atoms with van der Waals surface area (Å²) in [5.41, 5.74) is 17.3. The molecule has 226 valence electrons. The molecule has 7 nitrogen and oxygen atoms in total. The van der Waals surface area contributed by atoms with Crippen LogP contribution in [-0.2, 0) is 38.4 Å². The Hall–Kier alpha value is -4.56. The van der Waals surface area contributed by atoms with Gasteiger partial charge in [-0.15, -0.1) is 0 Å². The van der Waals surface area contributed by atoms with E-state index in [0.29, 0.717) is 6.42 Å². The topological polar surface area (TPSA) is 138 Å². The minimum Gasteiger partial charge on any atom is -0.372 e. The van der Waals surface area contributed by atoms with Crippen molar-refractivity contribution in [3.63, 3.8) is 0 Å². The van der Waals surface area contributed by atoms with Crippen LogP contribution in [0.5, 0.6) is 0 Å². The molecule has 1 atom stereocenters. The van der Waals surface area contributed by atoms with E-state index in [4.69, 9.17) is 20.1 Å². The Morgan fingerprint density at radius 3 is 1.86 bits per heavy atom. The lowest BCUT2D eigenvalue weighted by molar-refractivity contribution is -0.128. The van der Waals surface area contributed by atoms with Crippen molar-refractivity contribution in [1.29, 1.82) is 0 Å². The largest absolute Gasteiger partial charge is 0.372 e. The molecule has 0 aliphatic carbocycles. The van der Waals surface area contributed by atoms with Gasteiger partial charge in [-0.1, -0.05) is 98.8 Å². The van der Waals surface area contributed by atoms with Gasteiger partial charge in [0.15, 0.2) is 0 Å². The molecule has 0 radical (unpaired) electrons. The summed E-state index contributed by atoms with van der Waals surface area (Å²) in [6.07, 6.45) is 4.59. The van der Waals surface area contributed by atoms with Crippen LogP contribution in [0, 0.1) is 5.82 Å². The van der Waals surface area contributed by atoms with Crippen molar-refractivity contribution < 1.29 is 23.5 Å².